The molecule has 4 nitrogen and oxygen atoms in total. The molecule has 0 bridgehead atoms. The summed E-state index contributed by atoms with van der Waals surface area (Å²) >= 11 is 0. The second-order valence-electron chi connectivity index (χ2n) is 2.31. The van der Waals surface area contributed by atoms with Gasteiger partial charge in [-0.1, -0.05) is 18.2 Å². The summed E-state index contributed by atoms with van der Waals surface area (Å²) in [6, 6.07) is 9.19. The first-order valence-corrected chi connectivity index (χ1v) is 3.44. The highest BCUT2D eigenvalue weighted by molar-refractivity contribution is 5.79. The molecular weight excluding hydrogens is 154 g/mol. The highest BCUT2D eigenvalue weighted by atomic mass is 16.3. The Hall–Kier alpha value is -1.93. The Morgan fingerprint density at radius 2 is 2.17 bits per heavy atom. The minimum atomic E-state index is 0.304. The Kier molecular flexibility index (Phi) is 1.47. The molecular formula is C8H5N3O. The van der Waals surface area contributed by atoms with Gasteiger partial charge in [-0.15, -0.1) is 0 Å². The summed E-state index contributed by atoms with van der Waals surface area (Å²) in [4.78, 5) is 2.63. The fourth-order valence-corrected chi connectivity index (χ4v) is 1.06. The van der Waals surface area contributed by atoms with E-state index in [2.05, 4.69) is 10.0 Å². The summed E-state index contributed by atoms with van der Waals surface area (Å²) < 4.78 is 5.19. The Bertz CT molecular complexity index is 421. The van der Waals surface area contributed by atoms with E-state index in [-0.39, 0.29) is 0 Å². The minimum Gasteiger partial charge on any atom is -0.454 e. The van der Waals surface area contributed by atoms with E-state index in [1.165, 1.54) is 0 Å². The van der Waals surface area contributed by atoms with Gasteiger partial charge < -0.3 is 4.42 Å². The molecule has 58 valence electrons. The first kappa shape index (κ1) is 6.76. The van der Waals surface area contributed by atoms with E-state index in [9.17, 15) is 0 Å². The van der Waals surface area contributed by atoms with E-state index in [0.29, 0.717) is 5.88 Å². The quantitative estimate of drug-likeness (QED) is 0.357. The van der Waals surface area contributed by atoms with Crippen LogP contribution < -0.4 is 0 Å². The van der Waals surface area contributed by atoms with Gasteiger partial charge in [-0.25, -0.2) is 0 Å². The second-order valence-corrected chi connectivity index (χ2v) is 2.31. The molecule has 0 atom stereocenters. The SMILES string of the molecule is [N-]=[N+]=Nc1cc2ccccc2o1. The lowest BCUT2D eigenvalue weighted by Crippen LogP contribution is -1.57. The first-order valence-electron chi connectivity index (χ1n) is 3.44. The van der Waals surface area contributed by atoms with Crippen LogP contribution in [-0.4, -0.2) is 0 Å². The van der Waals surface area contributed by atoms with Crippen molar-refractivity contribution in [1.29, 1.82) is 0 Å². The van der Waals surface area contributed by atoms with Crippen LogP contribution in [0.15, 0.2) is 39.9 Å². The molecule has 0 spiro atoms. The average molecular weight is 159 g/mol. The molecule has 12 heavy (non-hydrogen) atoms. The Morgan fingerprint density at radius 3 is 2.92 bits per heavy atom. The summed E-state index contributed by atoms with van der Waals surface area (Å²) in [5.41, 5.74) is 8.88. The number of hydrogen-bond donors (Lipinski definition) is 0. The van der Waals surface area contributed by atoms with Crippen LogP contribution in [0.5, 0.6) is 0 Å². The van der Waals surface area contributed by atoms with Gasteiger partial charge in [0.05, 0.1) is 0 Å². The molecule has 0 radical (unpaired) electrons. The molecule has 1 aromatic carbocycles. The van der Waals surface area contributed by atoms with Gasteiger partial charge in [0, 0.05) is 10.3 Å². The highest BCUT2D eigenvalue weighted by Gasteiger charge is 1.98. The summed E-state index contributed by atoms with van der Waals surface area (Å²) in [5, 5.41) is 4.30. The van der Waals surface area contributed by atoms with Gasteiger partial charge in [0.1, 0.15) is 5.58 Å². The lowest BCUT2D eigenvalue weighted by molar-refractivity contribution is 0.624. The van der Waals surface area contributed by atoms with Crippen molar-refractivity contribution in [2.24, 2.45) is 5.11 Å². The molecule has 4 heteroatoms. The maximum Gasteiger partial charge on any atom is 0.191 e. The van der Waals surface area contributed by atoms with Crippen LogP contribution in [0.4, 0.5) is 5.88 Å². The third-order valence-corrected chi connectivity index (χ3v) is 1.56. The van der Waals surface area contributed by atoms with Crippen LogP contribution >= 0.6 is 0 Å². The number of rotatable bonds is 1. The molecule has 0 saturated heterocycles. The number of benzene rings is 1. The van der Waals surface area contributed by atoms with Crippen molar-refractivity contribution in [3.05, 3.63) is 40.8 Å². The van der Waals surface area contributed by atoms with Crippen LogP contribution in [-0.2, 0) is 0 Å². The smallest absolute Gasteiger partial charge is 0.191 e. The van der Waals surface area contributed by atoms with E-state index < -0.39 is 0 Å². The normalized spacial score (nSPS) is 9.67. The Balaban J connectivity index is 2.69. The lowest BCUT2D eigenvalue weighted by Gasteiger charge is -1.82. The van der Waals surface area contributed by atoms with Crippen LogP contribution in [0.3, 0.4) is 0 Å². The zero-order chi connectivity index (χ0) is 8.39. The monoisotopic (exact) mass is 159 g/mol. The number of furan rings is 1. The highest BCUT2D eigenvalue weighted by Crippen LogP contribution is 2.24. The standard InChI is InChI=1S/C8H5N3O/c9-11-10-8-5-6-3-1-2-4-7(6)12-8/h1-5H. The average Bonchev–Trinajstić information content (AvgIpc) is 2.47. The van der Waals surface area contributed by atoms with E-state index in [1.807, 2.05) is 24.3 Å². The summed E-state index contributed by atoms with van der Waals surface area (Å²) in [7, 11) is 0. The molecule has 0 aliphatic heterocycles. The Labute approximate surface area is 68.0 Å². The lowest BCUT2D eigenvalue weighted by atomic mass is 10.3. The van der Waals surface area contributed by atoms with Crippen molar-refractivity contribution < 1.29 is 4.42 Å². The third-order valence-electron chi connectivity index (χ3n) is 1.56. The van der Waals surface area contributed by atoms with Crippen LogP contribution in [0.25, 0.3) is 21.4 Å². The number of azide groups is 1. The van der Waals surface area contributed by atoms with Gasteiger partial charge in [0.15, 0.2) is 5.88 Å². The number of hydrogen-bond acceptors (Lipinski definition) is 2. The topological polar surface area (TPSA) is 61.9 Å². The van der Waals surface area contributed by atoms with Crippen molar-refractivity contribution in [1.82, 2.24) is 0 Å². The van der Waals surface area contributed by atoms with E-state index in [0.717, 1.165) is 11.0 Å². The molecule has 0 amide bonds. The predicted molar refractivity (Wildman–Crippen MR) is 45.0 cm³/mol. The molecule has 2 rings (SSSR count). The van der Waals surface area contributed by atoms with Gasteiger partial charge in [-0.3, -0.25) is 0 Å². The molecule has 0 saturated carbocycles. The molecule has 0 aliphatic rings. The molecule has 0 aliphatic carbocycles. The first-order chi connectivity index (χ1) is 5.90. The number of para-hydroxylation sites is 1. The number of fused-ring (bicyclic) bond motifs is 1. The molecule has 0 fully saturated rings. The fraction of sp³-hybridized carbons (Fsp3) is 0. The maximum atomic E-state index is 8.14. The van der Waals surface area contributed by atoms with Crippen molar-refractivity contribution >= 4 is 16.9 Å². The summed E-state index contributed by atoms with van der Waals surface area (Å²) in [5.74, 6) is 0.304. The van der Waals surface area contributed by atoms with E-state index in [1.54, 1.807) is 6.07 Å². The zero-order valence-electron chi connectivity index (χ0n) is 6.14. The van der Waals surface area contributed by atoms with Crippen LogP contribution in [0, 0.1) is 0 Å². The molecule has 1 heterocycles. The summed E-state index contributed by atoms with van der Waals surface area (Å²) in [6.07, 6.45) is 0. The van der Waals surface area contributed by atoms with Crippen LogP contribution in [0.1, 0.15) is 0 Å². The van der Waals surface area contributed by atoms with E-state index in [4.69, 9.17) is 9.95 Å². The fourth-order valence-electron chi connectivity index (χ4n) is 1.06. The van der Waals surface area contributed by atoms with Crippen LogP contribution in [0.2, 0.25) is 0 Å². The Morgan fingerprint density at radius 1 is 1.33 bits per heavy atom. The van der Waals surface area contributed by atoms with E-state index >= 15 is 0 Å². The summed E-state index contributed by atoms with van der Waals surface area (Å²) in [6.45, 7) is 0. The van der Waals surface area contributed by atoms with Crippen molar-refractivity contribution in [2.45, 2.75) is 0 Å². The molecule has 1 aromatic heterocycles. The molecule has 0 unspecified atom stereocenters. The largest absolute Gasteiger partial charge is 0.454 e. The second kappa shape index (κ2) is 2.60. The van der Waals surface area contributed by atoms with Gasteiger partial charge in [0.2, 0.25) is 0 Å². The maximum absolute atomic E-state index is 8.14. The number of nitrogens with zero attached hydrogens (tertiary/aromatic N) is 3. The van der Waals surface area contributed by atoms with Gasteiger partial charge in [0.25, 0.3) is 0 Å². The third kappa shape index (κ3) is 1.00. The predicted octanol–water partition coefficient (Wildman–Crippen LogP) is 3.37. The van der Waals surface area contributed by atoms with Gasteiger partial charge in [-0.2, -0.15) is 0 Å². The minimum absolute atomic E-state index is 0.304. The van der Waals surface area contributed by atoms with Crippen molar-refractivity contribution in [3.8, 4) is 0 Å². The van der Waals surface area contributed by atoms with Crippen molar-refractivity contribution in [3.63, 3.8) is 0 Å². The zero-order valence-corrected chi connectivity index (χ0v) is 6.14. The molecule has 2 aromatic rings. The van der Waals surface area contributed by atoms with Gasteiger partial charge >= 0.3 is 0 Å². The van der Waals surface area contributed by atoms with Crippen molar-refractivity contribution in [2.75, 3.05) is 0 Å². The van der Waals surface area contributed by atoms with Gasteiger partial charge in [-0.05, 0) is 22.8 Å². The molecule has 0 N–H and O–H groups in total.